The summed E-state index contributed by atoms with van der Waals surface area (Å²) in [5, 5.41) is 3.42. The van der Waals surface area contributed by atoms with Gasteiger partial charge in [-0.15, -0.1) is 0 Å². The first-order valence-corrected chi connectivity index (χ1v) is 12.6. The molecule has 2 saturated heterocycles. The number of nitrogens with zero attached hydrogens (tertiary/aromatic N) is 3. The summed E-state index contributed by atoms with van der Waals surface area (Å²) in [7, 11) is 0. The maximum Gasteiger partial charge on any atom is 0.256 e. The summed E-state index contributed by atoms with van der Waals surface area (Å²) in [4.78, 5) is 47.5. The summed E-state index contributed by atoms with van der Waals surface area (Å²) in [6.45, 7) is 1.15. The van der Waals surface area contributed by atoms with Crippen LogP contribution in [0.2, 0.25) is 5.02 Å². The second kappa shape index (κ2) is 10.7. The molecule has 1 spiro atoms. The Kier molecular flexibility index (Phi) is 7.21. The van der Waals surface area contributed by atoms with Crippen molar-refractivity contribution in [1.29, 1.82) is 0 Å². The smallest absolute Gasteiger partial charge is 0.256 e. The lowest BCUT2D eigenvalue weighted by atomic mass is 9.96. The van der Waals surface area contributed by atoms with Crippen LogP contribution in [-0.4, -0.2) is 64.0 Å². The zero-order valence-corrected chi connectivity index (χ0v) is 20.9. The standard InChI is InChI=1S/C28H27ClN4O4/c29-23-10-4-9-22(16-23)26(35)32-14-11-28(12-15-32)33(27(36)21-7-2-1-3-8-21)24(19-37-28)25(34)31-18-20-6-5-13-30-17-20/h1-10,13,16-17,24H,11-12,14-15,18-19H2,(H,31,34)/t24-/m1/s1. The lowest BCUT2D eigenvalue weighted by Crippen LogP contribution is -2.59. The number of hydrogen-bond donors (Lipinski definition) is 1. The van der Waals surface area contributed by atoms with Crippen molar-refractivity contribution in [1.82, 2.24) is 20.1 Å². The molecule has 190 valence electrons. The van der Waals surface area contributed by atoms with Gasteiger partial charge in [0.05, 0.1) is 6.61 Å². The van der Waals surface area contributed by atoms with Gasteiger partial charge in [-0.1, -0.05) is 41.9 Å². The first-order valence-electron chi connectivity index (χ1n) is 12.2. The molecule has 3 amide bonds. The van der Waals surface area contributed by atoms with Crippen molar-refractivity contribution in [3.8, 4) is 0 Å². The molecule has 2 fully saturated rings. The summed E-state index contributed by atoms with van der Waals surface area (Å²) >= 11 is 6.07. The number of aromatic nitrogens is 1. The summed E-state index contributed by atoms with van der Waals surface area (Å²) in [5.41, 5.74) is 0.878. The minimum atomic E-state index is -0.978. The van der Waals surface area contributed by atoms with Crippen LogP contribution in [-0.2, 0) is 16.1 Å². The molecule has 0 saturated carbocycles. The Hall–Kier alpha value is -3.75. The van der Waals surface area contributed by atoms with Gasteiger partial charge in [0.2, 0.25) is 5.91 Å². The normalized spacial score (nSPS) is 18.6. The van der Waals surface area contributed by atoms with Crippen LogP contribution in [0.4, 0.5) is 0 Å². The molecule has 0 bridgehead atoms. The number of ether oxygens (including phenoxy) is 1. The molecule has 9 heteroatoms. The summed E-state index contributed by atoms with van der Waals surface area (Å²) < 4.78 is 6.25. The number of likely N-dealkylation sites (tertiary alicyclic amines) is 1. The number of carbonyl (C=O) groups is 3. The quantitative estimate of drug-likeness (QED) is 0.558. The molecule has 0 unspecified atom stereocenters. The predicted octanol–water partition coefficient (Wildman–Crippen LogP) is 3.52. The number of hydrogen-bond acceptors (Lipinski definition) is 5. The number of pyridine rings is 1. The maximum atomic E-state index is 13.7. The summed E-state index contributed by atoms with van der Waals surface area (Å²) in [6.07, 6.45) is 4.14. The van der Waals surface area contributed by atoms with E-state index in [1.807, 2.05) is 12.1 Å². The van der Waals surface area contributed by atoms with Crippen LogP contribution in [0.15, 0.2) is 79.1 Å². The Bertz CT molecular complexity index is 1280. The fourth-order valence-corrected chi connectivity index (χ4v) is 5.15. The van der Waals surface area contributed by atoms with E-state index in [4.69, 9.17) is 16.3 Å². The number of amides is 3. The number of halogens is 1. The van der Waals surface area contributed by atoms with E-state index in [0.29, 0.717) is 48.6 Å². The van der Waals surface area contributed by atoms with Crippen LogP contribution in [0.1, 0.15) is 39.1 Å². The number of benzene rings is 2. The van der Waals surface area contributed by atoms with Gasteiger partial charge in [0.1, 0.15) is 11.8 Å². The first-order chi connectivity index (χ1) is 18.0. The Balaban J connectivity index is 1.35. The van der Waals surface area contributed by atoms with Gasteiger partial charge in [-0.25, -0.2) is 0 Å². The minimum absolute atomic E-state index is 0.0830. The Morgan fingerprint density at radius 3 is 2.43 bits per heavy atom. The second-order valence-electron chi connectivity index (χ2n) is 9.20. The highest BCUT2D eigenvalue weighted by Gasteiger charge is 2.54. The molecule has 1 N–H and O–H groups in total. The lowest BCUT2D eigenvalue weighted by Gasteiger charge is -2.44. The van der Waals surface area contributed by atoms with E-state index in [1.54, 1.807) is 76.8 Å². The summed E-state index contributed by atoms with van der Waals surface area (Å²) in [5.74, 6) is -0.682. The van der Waals surface area contributed by atoms with Gasteiger partial charge in [0, 0.05) is 61.0 Å². The van der Waals surface area contributed by atoms with E-state index in [2.05, 4.69) is 10.3 Å². The number of rotatable bonds is 5. The van der Waals surface area contributed by atoms with E-state index in [1.165, 1.54) is 0 Å². The van der Waals surface area contributed by atoms with Crippen molar-refractivity contribution >= 4 is 29.3 Å². The molecule has 2 aliphatic rings. The maximum absolute atomic E-state index is 13.7. The SMILES string of the molecule is O=C(NCc1cccnc1)[C@H]1COC2(CCN(C(=O)c3cccc(Cl)c3)CC2)N1C(=O)c1ccccc1. The van der Waals surface area contributed by atoms with Crippen molar-refractivity contribution < 1.29 is 19.1 Å². The van der Waals surface area contributed by atoms with Crippen LogP contribution in [0.3, 0.4) is 0 Å². The summed E-state index contributed by atoms with van der Waals surface area (Å²) in [6, 6.07) is 18.6. The molecule has 2 aromatic carbocycles. The van der Waals surface area contributed by atoms with Gasteiger partial charge in [-0.2, -0.15) is 0 Å². The Labute approximate surface area is 220 Å². The minimum Gasteiger partial charge on any atom is -0.353 e. The van der Waals surface area contributed by atoms with E-state index >= 15 is 0 Å². The lowest BCUT2D eigenvalue weighted by molar-refractivity contribution is -0.128. The van der Waals surface area contributed by atoms with Crippen molar-refractivity contribution in [2.24, 2.45) is 0 Å². The third-order valence-electron chi connectivity index (χ3n) is 6.90. The Morgan fingerprint density at radius 2 is 1.73 bits per heavy atom. The highest BCUT2D eigenvalue weighted by molar-refractivity contribution is 6.30. The number of nitrogens with one attached hydrogen (secondary N) is 1. The third-order valence-corrected chi connectivity index (χ3v) is 7.13. The molecule has 8 nitrogen and oxygen atoms in total. The molecular weight excluding hydrogens is 492 g/mol. The topological polar surface area (TPSA) is 91.8 Å². The van der Waals surface area contributed by atoms with Gasteiger partial charge >= 0.3 is 0 Å². The van der Waals surface area contributed by atoms with E-state index in [9.17, 15) is 14.4 Å². The highest BCUT2D eigenvalue weighted by Crippen LogP contribution is 2.39. The van der Waals surface area contributed by atoms with Crippen molar-refractivity contribution in [2.45, 2.75) is 31.2 Å². The Morgan fingerprint density at radius 1 is 0.973 bits per heavy atom. The van der Waals surface area contributed by atoms with Gasteiger partial charge in [0.15, 0.2) is 0 Å². The van der Waals surface area contributed by atoms with Crippen molar-refractivity contribution in [2.75, 3.05) is 19.7 Å². The monoisotopic (exact) mass is 518 g/mol. The van der Waals surface area contributed by atoms with Crippen LogP contribution in [0.5, 0.6) is 0 Å². The van der Waals surface area contributed by atoms with Crippen LogP contribution < -0.4 is 5.32 Å². The highest BCUT2D eigenvalue weighted by atomic mass is 35.5. The largest absolute Gasteiger partial charge is 0.353 e. The van der Waals surface area contributed by atoms with Gasteiger partial charge in [-0.3, -0.25) is 24.3 Å². The number of carbonyl (C=O) groups excluding carboxylic acids is 3. The van der Waals surface area contributed by atoms with Crippen molar-refractivity contribution in [3.63, 3.8) is 0 Å². The van der Waals surface area contributed by atoms with E-state index < -0.39 is 11.8 Å². The van der Waals surface area contributed by atoms with Gasteiger partial charge in [-0.05, 0) is 42.0 Å². The van der Waals surface area contributed by atoms with Gasteiger partial charge in [0.25, 0.3) is 11.8 Å². The molecule has 3 aromatic rings. The fourth-order valence-electron chi connectivity index (χ4n) is 4.96. The van der Waals surface area contributed by atoms with E-state index in [0.717, 1.165) is 5.56 Å². The zero-order valence-electron chi connectivity index (χ0n) is 20.2. The molecular formula is C28H27ClN4O4. The van der Waals surface area contributed by atoms with Crippen LogP contribution >= 0.6 is 11.6 Å². The molecule has 0 aliphatic carbocycles. The molecule has 37 heavy (non-hydrogen) atoms. The van der Waals surface area contributed by atoms with Crippen LogP contribution in [0, 0.1) is 0 Å². The van der Waals surface area contributed by atoms with Gasteiger partial charge < -0.3 is 15.0 Å². The number of piperidine rings is 1. The molecule has 3 heterocycles. The molecule has 0 radical (unpaired) electrons. The molecule has 5 rings (SSSR count). The molecule has 2 aliphatic heterocycles. The average molecular weight is 519 g/mol. The molecule has 1 atom stereocenters. The predicted molar refractivity (Wildman–Crippen MR) is 138 cm³/mol. The van der Waals surface area contributed by atoms with Crippen LogP contribution in [0.25, 0.3) is 0 Å². The average Bonchev–Trinajstić information content (AvgIpc) is 3.30. The van der Waals surface area contributed by atoms with Crippen molar-refractivity contribution in [3.05, 3.63) is 101 Å². The first kappa shape index (κ1) is 24.9. The van der Waals surface area contributed by atoms with E-state index in [-0.39, 0.29) is 24.3 Å². The fraction of sp³-hybridized carbons (Fsp3) is 0.286. The third kappa shape index (κ3) is 5.21. The molecule has 1 aromatic heterocycles. The zero-order chi connectivity index (χ0) is 25.8. The second-order valence-corrected chi connectivity index (χ2v) is 9.63.